The Bertz CT molecular complexity index is 824. The van der Waals surface area contributed by atoms with Gasteiger partial charge in [-0.25, -0.2) is 0 Å². The van der Waals surface area contributed by atoms with Crippen molar-refractivity contribution in [1.29, 1.82) is 0 Å². The Balaban J connectivity index is 1.12. The molecule has 0 bridgehead atoms. The summed E-state index contributed by atoms with van der Waals surface area (Å²) in [5.74, 6) is 1.65. The van der Waals surface area contributed by atoms with Gasteiger partial charge in [0, 0.05) is 56.7 Å². The van der Waals surface area contributed by atoms with E-state index < -0.39 is 0 Å². The molecule has 0 spiro atoms. The molecule has 2 aliphatic heterocycles. The quantitative estimate of drug-likeness (QED) is 0.707. The number of aryl methyl sites for hydroxylation is 1. The molecule has 32 heavy (non-hydrogen) atoms. The van der Waals surface area contributed by atoms with Gasteiger partial charge in [0.1, 0.15) is 12.4 Å². The Morgan fingerprint density at radius 1 is 0.906 bits per heavy atom. The fourth-order valence-electron chi connectivity index (χ4n) is 5.57. The van der Waals surface area contributed by atoms with E-state index in [4.69, 9.17) is 4.74 Å². The van der Waals surface area contributed by atoms with E-state index in [1.54, 1.807) is 0 Å². The van der Waals surface area contributed by atoms with Gasteiger partial charge in [-0.15, -0.1) is 0 Å². The summed E-state index contributed by atoms with van der Waals surface area (Å²) in [6, 6.07) is 6.98. The van der Waals surface area contributed by atoms with Crippen LogP contribution in [0.25, 0.3) is 0 Å². The SMILES string of the molecule is O=C(CCc1ccc2c(c1)CN(C(=O)C1CC1)CCO2)N1CCN(C2CCCCC2)CC1. The highest BCUT2D eigenvalue weighted by Gasteiger charge is 2.34. The average Bonchev–Trinajstić information content (AvgIpc) is 3.70. The van der Waals surface area contributed by atoms with Crippen molar-refractivity contribution in [2.24, 2.45) is 5.92 Å². The van der Waals surface area contributed by atoms with Gasteiger partial charge in [-0.3, -0.25) is 14.5 Å². The number of hydrogen-bond acceptors (Lipinski definition) is 4. The van der Waals surface area contributed by atoms with E-state index in [-0.39, 0.29) is 17.7 Å². The first-order valence-electron chi connectivity index (χ1n) is 12.7. The van der Waals surface area contributed by atoms with E-state index in [2.05, 4.69) is 21.9 Å². The van der Waals surface area contributed by atoms with Crippen LogP contribution in [0, 0.1) is 5.92 Å². The number of nitrogens with zero attached hydrogens (tertiary/aromatic N) is 3. The molecular weight excluding hydrogens is 402 g/mol. The van der Waals surface area contributed by atoms with Gasteiger partial charge in [0.15, 0.2) is 0 Å². The molecule has 5 rings (SSSR count). The van der Waals surface area contributed by atoms with Crippen molar-refractivity contribution >= 4 is 11.8 Å². The molecule has 1 saturated heterocycles. The average molecular weight is 440 g/mol. The molecule has 2 saturated carbocycles. The molecule has 4 aliphatic rings. The van der Waals surface area contributed by atoms with E-state index in [9.17, 15) is 9.59 Å². The zero-order valence-electron chi connectivity index (χ0n) is 19.3. The molecule has 2 heterocycles. The normalized spacial score (nSPS) is 22.8. The van der Waals surface area contributed by atoms with Crippen LogP contribution in [-0.4, -0.2) is 71.9 Å². The lowest BCUT2D eigenvalue weighted by Gasteiger charge is -2.40. The van der Waals surface area contributed by atoms with Crippen LogP contribution in [0.3, 0.4) is 0 Å². The number of amides is 2. The van der Waals surface area contributed by atoms with Crippen molar-refractivity contribution in [3.05, 3.63) is 29.3 Å². The number of piperazine rings is 1. The maximum absolute atomic E-state index is 12.9. The van der Waals surface area contributed by atoms with E-state index >= 15 is 0 Å². The highest BCUT2D eigenvalue weighted by atomic mass is 16.5. The van der Waals surface area contributed by atoms with Crippen molar-refractivity contribution in [2.45, 2.75) is 70.4 Å². The van der Waals surface area contributed by atoms with E-state index in [0.29, 0.717) is 26.1 Å². The molecule has 0 N–H and O–H groups in total. The number of ether oxygens (including phenoxy) is 1. The van der Waals surface area contributed by atoms with Gasteiger partial charge >= 0.3 is 0 Å². The first-order chi connectivity index (χ1) is 15.7. The van der Waals surface area contributed by atoms with Crippen LogP contribution in [0.1, 0.15) is 62.5 Å². The third kappa shape index (κ3) is 5.11. The van der Waals surface area contributed by atoms with Gasteiger partial charge in [-0.1, -0.05) is 31.4 Å². The number of rotatable bonds is 5. The molecule has 2 amide bonds. The summed E-state index contributed by atoms with van der Waals surface area (Å²) < 4.78 is 5.89. The second-order valence-electron chi connectivity index (χ2n) is 10.0. The van der Waals surface area contributed by atoms with E-state index in [1.165, 1.54) is 32.1 Å². The van der Waals surface area contributed by atoms with Gasteiger partial charge in [-0.05, 0) is 43.7 Å². The highest BCUT2D eigenvalue weighted by Crippen LogP contribution is 2.33. The standard InChI is InChI=1S/C26H37N3O3/c30-25(28-14-12-27(13-15-28)23-4-2-1-3-5-23)11-7-20-6-10-24-22(18-20)19-29(16-17-32-24)26(31)21-8-9-21/h6,10,18,21,23H,1-5,7-9,11-17,19H2. The van der Waals surface area contributed by atoms with Crippen LogP contribution in [-0.2, 0) is 22.6 Å². The third-order valence-corrected chi connectivity index (χ3v) is 7.73. The molecule has 1 aromatic carbocycles. The summed E-state index contributed by atoms with van der Waals surface area (Å²) in [5, 5.41) is 0. The molecule has 1 aromatic rings. The summed E-state index contributed by atoms with van der Waals surface area (Å²) >= 11 is 0. The maximum Gasteiger partial charge on any atom is 0.226 e. The first kappa shape index (κ1) is 21.7. The van der Waals surface area contributed by atoms with Crippen LogP contribution in [0.15, 0.2) is 18.2 Å². The molecule has 174 valence electrons. The Morgan fingerprint density at radius 2 is 1.69 bits per heavy atom. The smallest absolute Gasteiger partial charge is 0.226 e. The van der Waals surface area contributed by atoms with E-state index in [1.807, 2.05) is 11.0 Å². The predicted molar refractivity (Wildman–Crippen MR) is 123 cm³/mol. The third-order valence-electron chi connectivity index (χ3n) is 7.73. The number of carbonyl (C=O) groups is 2. The van der Waals surface area contributed by atoms with Crippen LogP contribution in [0.4, 0.5) is 0 Å². The lowest BCUT2D eigenvalue weighted by molar-refractivity contribution is -0.134. The molecule has 2 aliphatic carbocycles. The number of hydrogen-bond donors (Lipinski definition) is 0. The van der Waals surface area contributed by atoms with Crippen molar-refractivity contribution in [2.75, 3.05) is 39.3 Å². The largest absolute Gasteiger partial charge is 0.491 e. The minimum Gasteiger partial charge on any atom is -0.491 e. The van der Waals surface area contributed by atoms with Gasteiger partial charge in [0.05, 0.1) is 6.54 Å². The molecule has 3 fully saturated rings. The predicted octanol–water partition coefficient (Wildman–Crippen LogP) is 3.23. The van der Waals surface area contributed by atoms with Gasteiger partial charge < -0.3 is 14.5 Å². The molecular formula is C26H37N3O3. The summed E-state index contributed by atoms with van der Waals surface area (Å²) in [5.41, 5.74) is 2.23. The van der Waals surface area contributed by atoms with Crippen LogP contribution >= 0.6 is 0 Å². The van der Waals surface area contributed by atoms with Crippen molar-refractivity contribution in [3.8, 4) is 5.75 Å². The Labute approximate surface area is 191 Å². The van der Waals surface area contributed by atoms with Crippen molar-refractivity contribution in [3.63, 3.8) is 0 Å². The van der Waals surface area contributed by atoms with E-state index in [0.717, 1.165) is 68.4 Å². The minimum atomic E-state index is 0.232. The van der Waals surface area contributed by atoms with Crippen LogP contribution in [0.5, 0.6) is 5.75 Å². The number of benzene rings is 1. The minimum absolute atomic E-state index is 0.232. The summed E-state index contributed by atoms with van der Waals surface area (Å²) in [4.78, 5) is 32.0. The van der Waals surface area contributed by atoms with Crippen molar-refractivity contribution in [1.82, 2.24) is 14.7 Å². The Kier molecular flexibility index (Phi) is 6.67. The monoisotopic (exact) mass is 439 g/mol. The molecule has 0 unspecified atom stereocenters. The van der Waals surface area contributed by atoms with Gasteiger partial charge in [-0.2, -0.15) is 0 Å². The fourth-order valence-corrected chi connectivity index (χ4v) is 5.57. The summed E-state index contributed by atoms with van der Waals surface area (Å²) in [6.07, 6.45) is 10.1. The Hall–Kier alpha value is -2.08. The van der Waals surface area contributed by atoms with Gasteiger partial charge in [0.25, 0.3) is 0 Å². The van der Waals surface area contributed by atoms with Crippen molar-refractivity contribution < 1.29 is 14.3 Å². The summed E-state index contributed by atoms with van der Waals surface area (Å²) in [7, 11) is 0. The highest BCUT2D eigenvalue weighted by molar-refractivity contribution is 5.81. The molecule has 0 atom stereocenters. The zero-order valence-corrected chi connectivity index (χ0v) is 19.3. The summed E-state index contributed by atoms with van der Waals surface area (Å²) in [6.45, 7) is 5.61. The topological polar surface area (TPSA) is 53.1 Å². The lowest BCUT2D eigenvalue weighted by atomic mass is 9.94. The van der Waals surface area contributed by atoms with Crippen LogP contribution < -0.4 is 4.74 Å². The molecule has 0 aromatic heterocycles. The zero-order chi connectivity index (χ0) is 21.9. The molecule has 6 nitrogen and oxygen atoms in total. The Morgan fingerprint density at radius 3 is 2.44 bits per heavy atom. The number of fused-ring (bicyclic) bond motifs is 1. The second kappa shape index (κ2) is 9.82. The molecule has 6 heteroatoms. The maximum atomic E-state index is 12.9. The molecule has 0 radical (unpaired) electrons. The first-order valence-corrected chi connectivity index (χ1v) is 12.7. The van der Waals surface area contributed by atoms with Gasteiger partial charge in [0.2, 0.25) is 11.8 Å². The van der Waals surface area contributed by atoms with Crippen LogP contribution in [0.2, 0.25) is 0 Å². The number of carbonyl (C=O) groups excluding carboxylic acids is 2. The lowest BCUT2D eigenvalue weighted by Crippen LogP contribution is -2.52. The fraction of sp³-hybridized carbons (Fsp3) is 0.692. The second-order valence-corrected chi connectivity index (χ2v) is 10.0.